The Morgan fingerprint density at radius 2 is 1.40 bits per heavy atom. The molecule has 0 aliphatic rings. The Bertz CT molecular complexity index is 93.4. The zero-order chi connectivity index (χ0) is 9.82. The van der Waals surface area contributed by atoms with E-state index in [1.54, 1.807) is 14.1 Å². The third-order valence-electron chi connectivity index (χ3n) is 0.768. The minimum absolute atomic E-state index is 0. The van der Waals surface area contributed by atoms with Crippen LogP contribution in [0.3, 0.4) is 0 Å². The molecule has 0 bridgehead atoms. The maximum Gasteiger partial charge on any atom is 0.209 e. The number of nitrogens with one attached hydrogen (secondary N) is 1. The van der Waals surface area contributed by atoms with Crippen molar-refractivity contribution in [1.29, 1.82) is 0 Å². The molecule has 8 heteroatoms. The Kier molecular flexibility index (Phi) is 57.2. The molecule has 7 nitrogen and oxygen atoms in total. The van der Waals surface area contributed by atoms with Gasteiger partial charge in [-0.3, -0.25) is 4.79 Å². The van der Waals surface area contributed by atoms with E-state index in [2.05, 4.69) is 5.32 Å². The van der Waals surface area contributed by atoms with Gasteiger partial charge >= 0.3 is 0 Å². The minimum atomic E-state index is -0.139. The van der Waals surface area contributed by atoms with Gasteiger partial charge in [0.15, 0.2) is 0 Å². The quantitative estimate of drug-likeness (QED) is 0.324. The fourth-order valence-electron chi connectivity index (χ4n) is 0.269. The monoisotopic (exact) mass is 306 g/mol. The third-order valence-corrected chi connectivity index (χ3v) is 0.768. The summed E-state index contributed by atoms with van der Waals surface area (Å²) in [6.07, 6.45) is 0.750. The summed E-state index contributed by atoms with van der Waals surface area (Å²) in [7, 11) is 3.38. The van der Waals surface area contributed by atoms with E-state index in [1.807, 2.05) is 0 Å². The zero-order valence-electron chi connectivity index (χ0n) is 8.80. The molecule has 0 aromatic heterocycles. The van der Waals surface area contributed by atoms with Crippen LogP contribution in [0, 0.1) is 0 Å². The smallest absolute Gasteiger partial charge is 0.209 e. The molecule has 0 aromatic rings. The SMILES string of the molecule is CN(C)C=O.[Mo].[O-2].[O-2].[O-]CCNCC[O-]. The number of hydrogen-bond acceptors (Lipinski definition) is 4. The summed E-state index contributed by atoms with van der Waals surface area (Å²) in [5, 5.41) is 21.9. The topological polar surface area (TPSA) is 135 Å². The molecule has 0 unspecified atom stereocenters. The van der Waals surface area contributed by atoms with E-state index in [9.17, 15) is 15.0 Å². The van der Waals surface area contributed by atoms with E-state index >= 15 is 0 Å². The van der Waals surface area contributed by atoms with Crippen molar-refractivity contribution in [2.45, 2.75) is 0 Å². The van der Waals surface area contributed by atoms with Crippen molar-refractivity contribution in [2.75, 3.05) is 40.4 Å². The maximum absolute atomic E-state index is 9.64. The van der Waals surface area contributed by atoms with E-state index in [0.717, 1.165) is 6.41 Å². The van der Waals surface area contributed by atoms with Gasteiger partial charge in [-0.1, -0.05) is 0 Å². The molecule has 0 fully saturated rings. The molecule has 1 N–H and O–H groups in total. The molecule has 0 aliphatic heterocycles. The van der Waals surface area contributed by atoms with Crippen LogP contribution in [0.5, 0.6) is 0 Å². The van der Waals surface area contributed by atoms with E-state index in [1.165, 1.54) is 4.90 Å². The molecular weight excluding hydrogens is 288 g/mol. The van der Waals surface area contributed by atoms with Crippen molar-refractivity contribution in [1.82, 2.24) is 10.2 Å². The van der Waals surface area contributed by atoms with Gasteiger partial charge in [0.2, 0.25) is 6.41 Å². The van der Waals surface area contributed by atoms with Gasteiger partial charge in [0.05, 0.1) is 0 Å². The summed E-state index contributed by atoms with van der Waals surface area (Å²) in [5.41, 5.74) is 0. The van der Waals surface area contributed by atoms with Gasteiger partial charge in [0.1, 0.15) is 0 Å². The molecule has 0 spiro atoms. The van der Waals surface area contributed by atoms with Crippen molar-refractivity contribution in [3.63, 3.8) is 0 Å². The van der Waals surface area contributed by atoms with E-state index in [4.69, 9.17) is 0 Å². The molecule has 96 valence electrons. The van der Waals surface area contributed by atoms with Crippen LogP contribution in [0.25, 0.3) is 0 Å². The third kappa shape index (κ3) is 56.2. The number of hydrogen-bond donors (Lipinski definition) is 1. The van der Waals surface area contributed by atoms with Crippen LogP contribution in [-0.4, -0.2) is 51.7 Å². The van der Waals surface area contributed by atoms with Gasteiger partial charge in [-0.05, 0) is 13.1 Å². The Labute approximate surface area is 104 Å². The van der Waals surface area contributed by atoms with Gasteiger partial charge < -0.3 is 31.4 Å². The number of nitrogens with zero attached hydrogens (tertiary/aromatic N) is 1. The van der Waals surface area contributed by atoms with Crippen LogP contribution in [-0.2, 0) is 36.8 Å². The van der Waals surface area contributed by atoms with Crippen LogP contribution >= 0.6 is 0 Å². The number of amides is 1. The van der Waals surface area contributed by atoms with Gasteiger partial charge in [0.25, 0.3) is 0 Å². The number of carbonyl (C=O) groups excluding carboxylic acids is 1. The molecule has 0 atom stereocenters. The normalized spacial score (nSPS) is 6.67. The fraction of sp³-hybridized carbons (Fsp3) is 0.857. The van der Waals surface area contributed by atoms with Crippen LogP contribution in [0.1, 0.15) is 0 Å². The number of carbonyl (C=O) groups is 1. The van der Waals surface area contributed by atoms with E-state index < -0.39 is 0 Å². The van der Waals surface area contributed by atoms with Crippen molar-refractivity contribution >= 4 is 6.41 Å². The van der Waals surface area contributed by atoms with E-state index in [0.29, 0.717) is 13.1 Å². The first-order valence-electron chi connectivity index (χ1n) is 3.67. The molecule has 0 aliphatic carbocycles. The summed E-state index contributed by atoms with van der Waals surface area (Å²) in [4.78, 5) is 10.9. The standard InChI is InChI=1S/C4H9NO2.C3H7NO.Mo.2O/c6-3-1-5-2-4-7;1-4(2)3-5;;;/h5H,1-4H2;3H,1-2H3;;;/q-2;;;2*-2. The Balaban J connectivity index is -0.0000000383. The second-order valence-electron chi connectivity index (χ2n) is 2.23. The van der Waals surface area contributed by atoms with Crippen molar-refractivity contribution in [3.05, 3.63) is 0 Å². The predicted molar refractivity (Wildman–Crippen MR) is 43.7 cm³/mol. The van der Waals surface area contributed by atoms with Crippen LogP contribution < -0.4 is 15.5 Å². The molecular formula is C7H16MoN2O5-6. The second-order valence-corrected chi connectivity index (χ2v) is 2.23. The predicted octanol–water partition coefficient (Wildman–Crippen LogP) is -3.24. The molecule has 0 saturated carbocycles. The molecule has 1 amide bonds. The van der Waals surface area contributed by atoms with Gasteiger partial charge in [-0.15, -0.1) is 13.2 Å². The molecule has 0 aromatic carbocycles. The molecule has 0 radical (unpaired) electrons. The van der Waals surface area contributed by atoms with Gasteiger partial charge in [0, 0.05) is 35.2 Å². The molecule has 0 saturated heterocycles. The summed E-state index contributed by atoms with van der Waals surface area (Å²) >= 11 is 0. The maximum atomic E-state index is 9.64. The summed E-state index contributed by atoms with van der Waals surface area (Å²) in [6.45, 7) is 0.560. The van der Waals surface area contributed by atoms with Gasteiger partial charge in [-0.2, -0.15) is 0 Å². The summed E-state index contributed by atoms with van der Waals surface area (Å²) < 4.78 is 0. The van der Waals surface area contributed by atoms with Crippen molar-refractivity contribution in [3.8, 4) is 0 Å². The zero-order valence-corrected chi connectivity index (χ0v) is 10.8. The molecule has 0 heterocycles. The largest absolute Gasteiger partial charge is 2.00 e. The number of rotatable bonds is 5. The Hall–Kier alpha value is -0.0417. The first kappa shape index (κ1) is 29.4. The second kappa shape index (κ2) is 29.2. The van der Waals surface area contributed by atoms with Crippen LogP contribution in [0.2, 0.25) is 0 Å². The molecule has 15 heavy (non-hydrogen) atoms. The summed E-state index contributed by atoms with van der Waals surface area (Å²) in [5.74, 6) is 0. The van der Waals surface area contributed by atoms with Crippen LogP contribution in [0.4, 0.5) is 0 Å². The average molecular weight is 304 g/mol. The van der Waals surface area contributed by atoms with Crippen LogP contribution in [0.15, 0.2) is 0 Å². The summed E-state index contributed by atoms with van der Waals surface area (Å²) in [6, 6.07) is 0. The first-order valence-corrected chi connectivity index (χ1v) is 3.67. The fourth-order valence-corrected chi connectivity index (χ4v) is 0.269. The minimum Gasteiger partial charge on any atom is -2.00 e. The van der Waals surface area contributed by atoms with Gasteiger partial charge in [-0.25, -0.2) is 0 Å². The molecule has 0 rings (SSSR count). The Morgan fingerprint density at radius 1 is 1.13 bits per heavy atom. The van der Waals surface area contributed by atoms with E-state index in [-0.39, 0.29) is 45.2 Å². The van der Waals surface area contributed by atoms with Crippen molar-refractivity contribution < 1.29 is 47.0 Å². The first-order chi connectivity index (χ1) is 5.68. The van der Waals surface area contributed by atoms with Crippen molar-refractivity contribution in [2.24, 2.45) is 0 Å². The average Bonchev–Trinajstić information content (AvgIpc) is 2.07. The Morgan fingerprint density at radius 3 is 1.53 bits per heavy atom.